The van der Waals surface area contributed by atoms with E-state index in [-0.39, 0.29) is 17.7 Å². The van der Waals surface area contributed by atoms with Gasteiger partial charge in [0.15, 0.2) is 0 Å². The molecule has 0 bridgehead atoms. The average Bonchev–Trinajstić information content (AvgIpc) is 3.28. The molecule has 2 aliphatic heterocycles. The van der Waals surface area contributed by atoms with Crippen molar-refractivity contribution < 1.29 is 14.3 Å². The second-order valence-corrected chi connectivity index (χ2v) is 9.54. The highest BCUT2D eigenvalue weighted by atomic mass is 32.1. The van der Waals surface area contributed by atoms with Crippen LogP contribution in [0.15, 0.2) is 30.5 Å². The summed E-state index contributed by atoms with van der Waals surface area (Å²) < 4.78 is 5.36. The summed E-state index contributed by atoms with van der Waals surface area (Å²) in [6, 6.07) is 7.98. The number of hydrogen-bond donors (Lipinski definition) is 0. The zero-order valence-corrected chi connectivity index (χ0v) is 18.5. The number of piperazine rings is 1. The Morgan fingerprint density at radius 2 is 1.84 bits per heavy atom. The van der Waals surface area contributed by atoms with E-state index in [4.69, 9.17) is 4.74 Å². The SMILES string of the molecule is O=C(c1cc2c(s1)CC[C@@H](C(=O)N1CCN(c3ccccn3)CC1)C2)N1CCOCC1. The first-order valence-electron chi connectivity index (χ1n) is 11.1. The van der Waals surface area contributed by atoms with Gasteiger partial charge in [-0.1, -0.05) is 6.07 Å². The summed E-state index contributed by atoms with van der Waals surface area (Å²) in [6.07, 6.45) is 4.32. The Labute approximate surface area is 186 Å². The minimum Gasteiger partial charge on any atom is -0.378 e. The van der Waals surface area contributed by atoms with E-state index < -0.39 is 0 Å². The third-order valence-corrected chi connectivity index (χ3v) is 7.73. The lowest BCUT2D eigenvalue weighted by atomic mass is 9.87. The highest BCUT2D eigenvalue weighted by Crippen LogP contribution is 2.34. The Hall–Kier alpha value is -2.45. The van der Waals surface area contributed by atoms with Gasteiger partial charge < -0.3 is 19.4 Å². The van der Waals surface area contributed by atoms with Crippen LogP contribution < -0.4 is 4.90 Å². The molecule has 4 heterocycles. The van der Waals surface area contributed by atoms with Crippen LogP contribution in [-0.4, -0.2) is 79.1 Å². The molecule has 0 N–H and O–H groups in total. The molecule has 164 valence electrons. The number of fused-ring (bicyclic) bond motifs is 1. The number of hydrogen-bond acceptors (Lipinski definition) is 6. The summed E-state index contributed by atoms with van der Waals surface area (Å²) in [5, 5.41) is 0. The largest absolute Gasteiger partial charge is 0.378 e. The van der Waals surface area contributed by atoms with E-state index in [1.165, 1.54) is 10.4 Å². The van der Waals surface area contributed by atoms with Gasteiger partial charge in [0, 0.05) is 56.3 Å². The predicted molar refractivity (Wildman–Crippen MR) is 120 cm³/mol. The molecule has 2 aromatic rings. The minimum atomic E-state index is 0.0230. The molecule has 2 fully saturated rings. The number of morpholine rings is 1. The molecule has 2 saturated heterocycles. The number of thiophene rings is 1. The second kappa shape index (κ2) is 8.96. The lowest BCUT2D eigenvalue weighted by Gasteiger charge is -2.37. The molecule has 2 amide bonds. The van der Waals surface area contributed by atoms with Gasteiger partial charge in [-0.3, -0.25) is 9.59 Å². The van der Waals surface area contributed by atoms with Gasteiger partial charge in [0.05, 0.1) is 18.1 Å². The van der Waals surface area contributed by atoms with E-state index in [9.17, 15) is 9.59 Å². The molecule has 1 aliphatic carbocycles. The first kappa shape index (κ1) is 20.5. The van der Waals surface area contributed by atoms with Crippen molar-refractivity contribution in [1.29, 1.82) is 0 Å². The van der Waals surface area contributed by atoms with Crippen molar-refractivity contribution in [3.8, 4) is 0 Å². The van der Waals surface area contributed by atoms with Gasteiger partial charge in [-0.05, 0) is 43.0 Å². The standard InChI is InChI=1S/C23H28N4O3S/c28-22(26-9-7-25(8-10-26)21-3-1-2-6-24-21)17-4-5-19-18(15-17)16-20(31-19)23(29)27-11-13-30-14-12-27/h1-3,6,16-17H,4-5,7-15H2/t17-/m1/s1. The first-order chi connectivity index (χ1) is 15.2. The van der Waals surface area contributed by atoms with Gasteiger partial charge in [0.2, 0.25) is 5.91 Å². The fraction of sp³-hybridized carbons (Fsp3) is 0.522. The monoisotopic (exact) mass is 440 g/mol. The fourth-order valence-corrected chi connectivity index (χ4v) is 5.89. The van der Waals surface area contributed by atoms with Crippen LogP contribution in [0.2, 0.25) is 0 Å². The maximum Gasteiger partial charge on any atom is 0.264 e. The summed E-state index contributed by atoms with van der Waals surface area (Å²) in [5.74, 6) is 1.37. The van der Waals surface area contributed by atoms with Crippen LogP contribution in [0.25, 0.3) is 0 Å². The van der Waals surface area contributed by atoms with Gasteiger partial charge in [-0.2, -0.15) is 0 Å². The fourth-order valence-electron chi connectivity index (χ4n) is 4.72. The number of ether oxygens (including phenoxy) is 1. The number of carbonyl (C=O) groups is 2. The van der Waals surface area contributed by atoms with Crippen LogP contribution >= 0.6 is 11.3 Å². The highest BCUT2D eigenvalue weighted by Gasteiger charge is 2.32. The average molecular weight is 441 g/mol. The van der Waals surface area contributed by atoms with Gasteiger partial charge in [-0.15, -0.1) is 11.3 Å². The second-order valence-electron chi connectivity index (χ2n) is 8.40. The van der Waals surface area contributed by atoms with Crippen LogP contribution in [0, 0.1) is 5.92 Å². The van der Waals surface area contributed by atoms with Crippen LogP contribution in [0.3, 0.4) is 0 Å². The molecule has 0 aromatic carbocycles. The Balaban J connectivity index is 1.19. The molecule has 3 aliphatic rings. The number of aryl methyl sites for hydroxylation is 1. The van der Waals surface area contributed by atoms with E-state index in [0.717, 1.165) is 56.1 Å². The Bertz CT molecular complexity index is 934. The summed E-state index contributed by atoms with van der Waals surface area (Å²) in [4.78, 5) is 38.7. The number of amides is 2. The lowest BCUT2D eigenvalue weighted by Crippen LogP contribution is -2.51. The molecule has 0 unspecified atom stereocenters. The van der Waals surface area contributed by atoms with Crippen LogP contribution in [0.5, 0.6) is 0 Å². The first-order valence-corrected chi connectivity index (χ1v) is 11.9. The quantitative estimate of drug-likeness (QED) is 0.731. The van der Waals surface area contributed by atoms with Crippen LogP contribution in [0.4, 0.5) is 5.82 Å². The summed E-state index contributed by atoms with van der Waals surface area (Å²) in [5.41, 5.74) is 1.19. The Morgan fingerprint density at radius 1 is 1.03 bits per heavy atom. The van der Waals surface area contributed by atoms with Crippen molar-refractivity contribution in [2.45, 2.75) is 19.3 Å². The summed E-state index contributed by atoms with van der Waals surface area (Å²) in [6.45, 7) is 5.66. The summed E-state index contributed by atoms with van der Waals surface area (Å²) in [7, 11) is 0. The van der Waals surface area contributed by atoms with Crippen molar-refractivity contribution in [3.63, 3.8) is 0 Å². The third-order valence-electron chi connectivity index (χ3n) is 6.51. The van der Waals surface area contributed by atoms with Crippen molar-refractivity contribution >= 4 is 29.0 Å². The maximum absolute atomic E-state index is 13.2. The zero-order chi connectivity index (χ0) is 21.2. The zero-order valence-electron chi connectivity index (χ0n) is 17.7. The molecule has 0 spiro atoms. The topological polar surface area (TPSA) is 66.0 Å². The molecule has 0 saturated carbocycles. The molecule has 7 nitrogen and oxygen atoms in total. The maximum atomic E-state index is 13.2. The molecular weight excluding hydrogens is 412 g/mol. The van der Waals surface area contributed by atoms with E-state index in [2.05, 4.69) is 9.88 Å². The van der Waals surface area contributed by atoms with Gasteiger partial charge in [0.25, 0.3) is 5.91 Å². The Kier molecular flexibility index (Phi) is 5.91. The van der Waals surface area contributed by atoms with Crippen molar-refractivity contribution in [3.05, 3.63) is 45.8 Å². The number of pyridine rings is 1. The van der Waals surface area contributed by atoms with Gasteiger partial charge in [0.1, 0.15) is 5.82 Å². The molecule has 8 heteroatoms. The molecule has 2 aromatic heterocycles. The molecular formula is C23H28N4O3S. The van der Waals surface area contributed by atoms with E-state index in [0.29, 0.717) is 26.3 Å². The number of anilines is 1. The smallest absolute Gasteiger partial charge is 0.264 e. The minimum absolute atomic E-state index is 0.0230. The molecule has 5 rings (SSSR count). The van der Waals surface area contributed by atoms with Crippen molar-refractivity contribution in [2.75, 3.05) is 57.4 Å². The molecule has 0 radical (unpaired) electrons. The predicted octanol–water partition coefficient (Wildman–Crippen LogP) is 2.07. The number of rotatable bonds is 3. The van der Waals surface area contributed by atoms with E-state index >= 15 is 0 Å². The summed E-state index contributed by atoms with van der Waals surface area (Å²) >= 11 is 1.61. The van der Waals surface area contributed by atoms with Gasteiger partial charge >= 0.3 is 0 Å². The number of carbonyl (C=O) groups excluding carboxylic acids is 2. The highest BCUT2D eigenvalue weighted by molar-refractivity contribution is 7.14. The lowest BCUT2D eigenvalue weighted by molar-refractivity contribution is -0.136. The van der Waals surface area contributed by atoms with Crippen LogP contribution in [0.1, 0.15) is 26.5 Å². The van der Waals surface area contributed by atoms with E-state index in [1.54, 1.807) is 11.3 Å². The molecule has 31 heavy (non-hydrogen) atoms. The van der Waals surface area contributed by atoms with Gasteiger partial charge in [-0.25, -0.2) is 4.98 Å². The number of nitrogens with zero attached hydrogens (tertiary/aromatic N) is 4. The van der Waals surface area contributed by atoms with E-state index in [1.807, 2.05) is 40.3 Å². The normalized spacial score (nSPS) is 21.7. The molecule has 1 atom stereocenters. The third kappa shape index (κ3) is 4.32. The van der Waals surface area contributed by atoms with Crippen LogP contribution in [-0.2, 0) is 22.4 Å². The van der Waals surface area contributed by atoms with Crippen molar-refractivity contribution in [1.82, 2.24) is 14.8 Å². The Morgan fingerprint density at radius 3 is 2.58 bits per heavy atom. The number of aromatic nitrogens is 1. The van der Waals surface area contributed by atoms with Crippen molar-refractivity contribution in [2.24, 2.45) is 5.92 Å².